The van der Waals surface area contributed by atoms with Crippen LogP contribution in [-0.2, 0) is 20.2 Å². The molecule has 4 aromatic carbocycles. The second-order valence-corrected chi connectivity index (χ2v) is 11.5. The summed E-state index contributed by atoms with van der Waals surface area (Å²) in [4.78, 5) is 9.60. The number of azo groups is 1. The summed E-state index contributed by atoms with van der Waals surface area (Å²) in [5.74, 6) is 0.158. The first-order valence-electron chi connectivity index (χ1n) is 11.5. The normalized spacial score (nSPS) is 11.6. The van der Waals surface area contributed by atoms with E-state index in [1.165, 1.54) is 24.3 Å². The topological polar surface area (TPSA) is 178 Å². The molecule has 0 aliphatic carbocycles. The summed E-state index contributed by atoms with van der Waals surface area (Å²) < 4.78 is 63.3. The number of nitrogens with one attached hydrogen (secondary N) is 1. The van der Waals surface area contributed by atoms with Gasteiger partial charge in [-0.1, -0.05) is 17.7 Å². The van der Waals surface area contributed by atoms with E-state index < -0.39 is 35.7 Å². The largest absolute Gasteiger partial charge is 0.379 e. The fraction of sp³-hybridized carbons (Fsp3) is 0.0769. The molecule has 0 aliphatic rings. The Morgan fingerprint density at radius 3 is 2.02 bits per heavy atom. The summed E-state index contributed by atoms with van der Waals surface area (Å²) >= 11 is 0. The number of non-ortho nitro benzene ring substituents is 1. The van der Waals surface area contributed by atoms with E-state index in [4.69, 9.17) is 4.18 Å². The molecule has 1 radical (unpaired) electrons. The Kier molecular flexibility index (Phi) is 10.5. The Labute approximate surface area is 278 Å². The maximum atomic E-state index is 12.6. The zero-order valence-electron chi connectivity index (χ0n) is 22.0. The van der Waals surface area contributed by atoms with Crippen LogP contribution in [0.2, 0.25) is 0 Å². The molecule has 207 valence electrons. The van der Waals surface area contributed by atoms with Gasteiger partial charge in [-0.15, -0.1) is 0 Å². The minimum absolute atomic E-state index is 0. The molecule has 4 rings (SSSR count). The van der Waals surface area contributed by atoms with Crippen LogP contribution in [0.25, 0.3) is 0 Å². The van der Waals surface area contributed by atoms with Crippen molar-refractivity contribution >= 4 is 100 Å². The number of hydrogen-bond donors (Lipinski definition) is 2. The smallest absolute Gasteiger partial charge is 0.339 e. The predicted molar refractivity (Wildman–Crippen MR) is 153 cm³/mol. The van der Waals surface area contributed by atoms with Gasteiger partial charge in [0.1, 0.15) is 15.5 Å². The SMILES string of the molecule is Cc1ccc(S(=O)(=O)Oc2ccc(N=Nc3ccc(Nc4ccc([N+](=O)[O-])cc4S(=O)(=O)O)cc3)cc2C)cc1.[K]. The number of aryl methyl sites for hydroxylation is 2. The number of nitro groups is 1. The van der Waals surface area contributed by atoms with Crippen LogP contribution < -0.4 is 9.50 Å². The van der Waals surface area contributed by atoms with Crippen LogP contribution in [0.15, 0.2) is 105 Å². The molecule has 0 amide bonds. The monoisotopic (exact) mass is 621 g/mol. The Bertz CT molecular complexity index is 1830. The fourth-order valence-corrected chi connectivity index (χ4v) is 5.14. The first kappa shape index (κ1) is 32.5. The van der Waals surface area contributed by atoms with Crippen LogP contribution >= 0.6 is 0 Å². The number of benzene rings is 4. The third kappa shape index (κ3) is 8.49. The first-order chi connectivity index (χ1) is 18.8. The summed E-state index contributed by atoms with van der Waals surface area (Å²) in [6.07, 6.45) is 0. The van der Waals surface area contributed by atoms with Crippen molar-refractivity contribution in [3.8, 4) is 5.75 Å². The fourth-order valence-electron chi connectivity index (χ4n) is 3.48. The minimum Gasteiger partial charge on any atom is -0.379 e. The van der Waals surface area contributed by atoms with Gasteiger partial charge in [-0.25, -0.2) is 0 Å². The third-order valence-corrected chi connectivity index (χ3v) is 7.69. The molecule has 0 heterocycles. The minimum atomic E-state index is -4.73. The molecule has 41 heavy (non-hydrogen) atoms. The average molecular weight is 622 g/mol. The van der Waals surface area contributed by atoms with E-state index in [1.54, 1.807) is 55.5 Å². The van der Waals surface area contributed by atoms with E-state index in [0.29, 0.717) is 22.6 Å². The van der Waals surface area contributed by atoms with Crippen LogP contribution in [0.3, 0.4) is 0 Å². The van der Waals surface area contributed by atoms with Crippen LogP contribution in [0.4, 0.5) is 28.4 Å². The van der Waals surface area contributed by atoms with Crippen LogP contribution in [0.1, 0.15) is 11.1 Å². The van der Waals surface area contributed by atoms with Gasteiger partial charge in [0.25, 0.3) is 15.8 Å². The summed E-state index contributed by atoms with van der Waals surface area (Å²) in [6.45, 7) is 3.53. The Balaban J connectivity index is 0.00000462. The van der Waals surface area contributed by atoms with Crippen molar-refractivity contribution in [2.45, 2.75) is 23.6 Å². The maximum Gasteiger partial charge on any atom is 0.339 e. The molecule has 0 aliphatic heterocycles. The van der Waals surface area contributed by atoms with E-state index in [9.17, 15) is 31.5 Å². The number of rotatable bonds is 9. The van der Waals surface area contributed by atoms with Gasteiger partial charge in [-0.05, 0) is 80.1 Å². The van der Waals surface area contributed by atoms with E-state index >= 15 is 0 Å². The van der Waals surface area contributed by atoms with Crippen LogP contribution in [0.5, 0.6) is 5.75 Å². The van der Waals surface area contributed by atoms with Gasteiger partial charge in [-0.3, -0.25) is 14.7 Å². The van der Waals surface area contributed by atoms with Crippen molar-refractivity contribution in [1.29, 1.82) is 0 Å². The standard InChI is InChI=1S/C26H22N4O8S2.K/c1-17-3-11-23(12-4-17)40(36,37)38-25-14-9-21(15-18(25)2)29-28-20-7-5-19(6-8-20)27-24-13-10-22(30(31)32)16-26(24)39(33,34)35;/h3-16,27H,1-2H3,(H,33,34,35);. The summed E-state index contributed by atoms with van der Waals surface area (Å²) in [5.41, 5.74) is 2.23. The van der Waals surface area contributed by atoms with Crippen LogP contribution in [-0.4, -0.2) is 77.7 Å². The third-order valence-electron chi connectivity index (χ3n) is 5.55. The average Bonchev–Trinajstić information content (AvgIpc) is 2.89. The van der Waals surface area contributed by atoms with Crippen molar-refractivity contribution in [1.82, 2.24) is 0 Å². The molecule has 0 atom stereocenters. The molecule has 2 N–H and O–H groups in total. The van der Waals surface area contributed by atoms with Crippen molar-refractivity contribution in [2.75, 3.05) is 5.32 Å². The van der Waals surface area contributed by atoms with E-state index in [1.807, 2.05) is 6.92 Å². The van der Waals surface area contributed by atoms with Gasteiger partial charge in [0.05, 0.1) is 22.0 Å². The molecule has 0 aromatic heterocycles. The Morgan fingerprint density at radius 2 is 1.44 bits per heavy atom. The number of nitro benzene ring substituents is 1. The predicted octanol–water partition coefficient (Wildman–Crippen LogP) is 6.00. The molecule has 0 unspecified atom stereocenters. The molecule has 0 spiro atoms. The van der Waals surface area contributed by atoms with Gasteiger partial charge in [0.15, 0.2) is 0 Å². The van der Waals surface area contributed by atoms with Crippen molar-refractivity contribution in [2.24, 2.45) is 10.2 Å². The Hall–Kier alpha value is -3.02. The quantitative estimate of drug-likeness (QED) is 0.0566. The zero-order valence-corrected chi connectivity index (χ0v) is 26.8. The van der Waals surface area contributed by atoms with Crippen LogP contribution in [0, 0.1) is 24.0 Å². The molecule has 12 nitrogen and oxygen atoms in total. The van der Waals surface area contributed by atoms with Crippen molar-refractivity contribution < 1.29 is 30.5 Å². The first-order valence-corrected chi connectivity index (χ1v) is 14.3. The van der Waals surface area contributed by atoms with Crippen molar-refractivity contribution in [3.05, 3.63) is 106 Å². The molecular weight excluding hydrogens is 600 g/mol. The van der Waals surface area contributed by atoms with Crippen molar-refractivity contribution in [3.63, 3.8) is 0 Å². The van der Waals surface area contributed by atoms with E-state index in [2.05, 4.69) is 15.5 Å². The molecule has 15 heteroatoms. The van der Waals surface area contributed by atoms with Gasteiger partial charge in [-0.2, -0.15) is 27.1 Å². The molecule has 0 bridgehead atoms. The summed E-state index contributed by atoms with van der Waals surface area (Å²) in [5, 5.41) is 22.1. The zero-order chi connectivity index (χ0) is 29.1. The number of anilines is 2. The summed E-state index contributed by atoms with van der Waals surface area (Å²) in [6, 6.07) is 20.3. The second-order valence-electron chi connectivity index (χ2n) is 8.58. The molecule has 0 saturated heterocycles. The molecular formula is C26H22KN4O8S2. The molecule has 4 aromatic rings. The number of nitrogens with zero attached hydrogens (tertiary/aromatic N) is 3. The summed E-state index contributed by atoms with van der Waals surface area (Å²) in [7, 11) is -8.73. The number of hydrogen-bond acceptors (Lipinski definition) is 10. The Morgan fingerprint density at radius 1 is 0.829 bits per heavy atom. The molecule has 0 saturated carbocycles. The van der Waals surface area contributed by atoms with Gasteiger partial charge in [0, 0.05) is 69.2 Å². The maximum absolute atomic E-state index is 12.6. The molecule has 0 fully saturated rings. The van der Waals surface area contributed by atoms with Gasteiger partial charge < -0.3 is 9.50 Å². The van der Waals surface area contributed by atoms with Gasteiger partial charge in [0.2, 0.25) is 0 Å². The van der Waals surface area contributed by atoms with E-state index in [0.717, 1.165) is 17.7 Å². The van der Waals surface area contributed by atoms with Gasteiger partial charge >= 0.3 is 10.1 Å². The second kappa shape index (κ2) is 13.3. The van der Waals surface area contributed by atoms with E-state index in [-0.39, 0.29) is 67.7 Å².